The lowest BCUT2D eigenvalue weighted by molar-refractivity contribution is 0.0920. The highest BCUT2D eigenvalue weighted by Gasteiger charge is 2.21. The molecule has 1 amide bonds. The minimum atomic E-state index is -0.265. The third-order valence-corrected chi connectivity index (χ3v) is 4.55. The number of carbonyl (C=O) groups is 1. The van der Waals surface area contributed by atoms with Crippen LogP contribution in [0.2, 0.25) is 0 Å². The zero-order valence-corrected chi connectivity index (χ0v) is 13.7. The van der Waals surface area contributed by atoms with Gasteiger partial charge in [-0.05, 0) is 48.0 Å². The van der Waals surface area contributed by atoms with E-state index in [2.05, 4.69) is 53.1 Å². The summed E-state index contributed by atoms with van der Waals surface area (Å²) in [5.41, 5.74) is 0.363. The third kappa shape index (κ3) is 3.86. The predicted octanol–water partition coefficient (Wildman–Crippen LogP) is 4.11. The average molecular weight is 414 g/mol. The maximum absolute atomic E-state index is 12.0. The van der Waals surface area contributed by atoms with Crippen LogP contribution in [0, 0.1) is 0 Å². The Morgan fingerprint density at radius 2 is 2.00 bits per heavy atom. The Morgan fingerprint density at radius 1 is 1.38 bits per heavy atom. The van der Waals surface area contributed by atoms with E-state index in [0.717, 1.165) is 8.95 Å². The van der Waals surface area contributed by atoms with E-state index < -0.39 is 0 Å². The fourth-order valence-corrected chi connectivity index (χ4v) is 2.01. The standard InChI is InChI=1S/C11H12Br3NO/c1-11(2,6-12)15-10(16)8-5-7(13)3-4-9(8)14/h3-5H,6H2,1-2H3,(H,15,16). The molecule has 0 spiro atoms. The van der Waals surface area contributed by atoms with E-state index in [1.165, 1.54) is 0 Å². The second-order valence-electron chi connectivity index (χ2n) is 4.10. The zero-order valence-electron chi connectivity index (χ0n) is 8.98. The van der Waals surface area contributed by atoms with Gasteiger partial charge in [0, 0.05) is 19.8 Å². The zero-order chi connectivity index (χ0) is 12.3. The van der Waals surface area contributed by atoms with Crippen LogP contribution in [0.3, 0.4) is 0 Å². The van der Waals surface area contributed by atoms with Crippen molar-refractivity contribution in [2.24, 2.45) is 0 Å². The molecule has 88 valence electrons. The first-order valence-electron chi connectivity index (χ1n) is 4.69. The van der Waals surface area contributed by atoms with E-state index in [0.29, 0.717) is 10.9 Å². The Kier molecular flexibility index (Phi) is 5.01. The Hall–Kier alpha value is 0.130. The quantitative estimate of drug-likeness (QED) is 0.742. The molecule has 1 aromatic rings. The van der Waals surface area contributed by atoms with Crippen LogP contribution < -0.4 is 5.32 Å². The van der Waals surface area contributed by atoms with Crippen molar-refractivity contribution >= 4 is 53.7 Å². The lowest BCUT2D eigenvalue weighted by atomic mass is 10.1. The molecule has 0 saturated carbocycles. The normalized spacial score (nSPS) is 11.3. The van der Waals surface area contributed by atoms with Gasteiger partial charge in [0.05, 0.1) is 5.56 Å². The summed E-state index contributed by atoms with van der Waals surface area (Å²) < 4.78 is 1.68. The highest BCUT2D eigenvalue weighted by molar-refractivity contribution is 9.11. The molecule has 0 heterocycles. The molecule has 0 fully saturated rings. The van der Waals surface area contributed by atoms with Crippen LogP contribution in [-0.2, 0) is 0 Å². The van der Waals surface area contributed by atoms with E-state index in [9.17, 15) is 4.79 Å². The lowest BCUT2D eigenvalue weighted by Crippen LogP contribution is -2.44. The molecule has 1 N–H and O–H groups in total. The molecule has 1 rings (SSSR count). The first kappa shape index (κ1) is 14.2. The number of benzene rings is 1. The fraction of sp³-hybridized carbons (Fsp3) is 0.364. The molecule has 0 unspecified atom stereocenters. The summed E-state index contributed by atoms with van der Waals surface area (Å²) >= 11 is 10.1. The summed E-state index contributed by atoms with van der Waals surface area (Å²) in [6.07, 6.45) is 0. The molecule has 0 aliphatic rings. The molecule has 5 heteroatoms. The Balaban J connectivity index is 2.93. The maximum Gasteiger partial charge on any atom is 0.252 e. The second kappa shape index (κ2) is 5.65. The molecule has 0 aromatic heterocycles. The summed E-state index contributed by atoms with van der Waals surface area (Å²) in [7, 11) is 0. The molecule has 0 radical (unpaired) electrons. The van der Waals surface area contributed by atoms with Crippen molar-refractivity contribution in [3.8, 4) is 0 Å². The number of halogens is 3. The first-order chi connectivity index (χ1) is 7.35. The maximum atomic E-state index is 12.0. The van der Waals surface area contributed by atoms with E-state index in [-0.39, 0.29) is 11.4 Å². The summed E-state index contributed by atoms with van der Waals surface area (Å²) in [6, 6.07) is 5.53. The number of rotatable bonds is 3. The van der Waals surface area contributed by atoms with Crippen molar-refractivity contribution in [3.05, 3.63) is 32.7 Å². The van der Waals surface area contributed by atoms with Crippen LogP contribution in [0.15, 0.2) is 27.1 Å². The molecule has 0 saturated heterocycles. The van der Waals surface area contributed by atoms with Crippen molar-refractivity contribution in [1.29, 1.82) is 0 Å². The van der Waals surface area contributed by atoms with Crippen molar-refractivity contribution in [3.63, 3.8) is 0 Å². The highest BCUT2D eigenvalue weighted by Crippen LogP contribution is 2.22. The van der Waals surface area contributed by atoms with Gasteiger partial charge in [0.15, 0.2) is 0 Å². The van der Waals surface area contributed by atoms with Crippen molar-refractivity contribution in [2.45, 2.75) is 19.4 Å². The molecule has 0 bridgehead atoms. The summed E-state index contributed by atoms with van der Waals surface area (Å²) in [4.78, 5) is 12.0. The molecule has 16 heavy (non-hydrogen) atoms. The minimum absolute atomic E-state index is 0.0855. The Bertz CT molecular complexity index is 404. The minimum Gasteiger partial charge on any atom is -0.346 e. The SMILES string of the molecule is CC(C)(CBr)NC(=O)c1cc(Br)ccc1Br. The Morgan fingerprint density at radius 3 is 2.56 bits per heavy atom. The van der Waals surface area contributed by atoms with Gasteiger partial charge in [0.1, 0.15) is 0 Å². The number of alkyl halides is 1. The van der Waals surface area contributed by atoms with E-state index >= 15 is 0 Å². The predicted molar refractivity (Wildman–Crippen MR) is 77.2 cm³/mol. The number of hydrogen-bond donors (Lipinski definition) is 1. The molecular weight excluding hydrogens is 402 g/mol. The van der Waals surface area contributed by atoms with Crippen molar-refractivity contribution < 1.29 is 4.79 Å². The summed E-state index contributed by atoms with van der Waals surface area (Å²) in [5, 5.41) is 3.66. The van der Waals surface area contributed by atoms with Gasteiger partial charge in [0.2, 0.25) is 0 Å². The molecule has 0 atom stereocenters. The van der Waals surface area contributed by atoms with Gasteiger partial charge in [-0.15, -0.1) is 0 Å². The van der Waals surface area contributed by atoms with Crippen LogP contribution in [0.25, 0.3) is 0 Å². The number of amides is 1. The van der Waals surface area contributed by atoms with Gasteiger partial charge in [-0.25, -0.2) is 0 Å². The van der Waals surface area contributed by atoms with Crippen molar-refractivity contribution in [2.75, 3.05) is 5.33 Å². The van der Waals surface area contributed by atoms with Crippen LogP contribution >= 0.6 is 47.8 Å². The van der Waals surface area contributed by atoms with Crippen LogP contribution in [0.4, 0.5) is 0 Å². The van der Waals surface area contributed by atoms with E-state index in [4.69, 9.17) is 0 Å². The van der Waals surface area contributed by atoms with E-state index in [1.54, 1.807) is 6.07 Å². The third-order valence-electron chi connectivity index (χ3n) is 1.96. The van der Waals surface area contributed by atoms with E-state index in [1.807, 2.05) is 26.0 Å². The number of nitrogens with one attached hydrogen (secondary N) is 1. The average Bonchev–Trinajstić information content (AvgIpc) is 2.21. The molecule has 0 aliphatic carbocycles. The number of hydrogen-bond acceptors (Lipinski definition) is 1. The lowest BCUT2D eigenvalue weighted by Gasteiger charge is -2.23. The molecular formula is C11H12Br3NO. The largest absolute Gasteiger partial charge is 0.346 e. The summed E-state index contributed by atoms with van der Waals surface area (Å²) in [5.74, 6) is -0.0855. The second-order valence-corrected chi connectivity index (χ2v) is 6.43. The molecule has 2 nitrogen and oxygen atoms in total. The summed E-state index contributed by atoms with van der Waals surface area (Å²) in [6.45, 7) is 3.93. The van der Waals surface area contributed by atoms with Gasteiger partial charge in [-0.1, -0.05) is 31.9 Å². The van der Waals surface area contributed by atoms with Gasteiger partial charge >= 0.3 is 0 Å². The van der Waals surface area contributed by atoms with Gasteiger partial charge in [-0.2, -0.15) is 0 Å². The molecule has 0 aliphatic heterocycles. The van der Waals surface area contributed by atoms with Crippen LogP contribution in [-0.4, -0.2) is 16.8 Å². The molecule has 1 aromatic carbocycles. The Labute approximate surface area is 121 Å². The fourth-order valence-electron chi connectivity index (χ4n) is 1.08. The van der Waals surface area contributed by atoms with Gasteiger partial charge in [0.25, 0.3) is 5.91 Å². The van der Waals surface area contributed by atoms with Crippen LogP contribution in [0.1, 0.15) is 24.2 Å². The number of carbonyl (C=O) groups excluding carboxylic acids is 1. The van der Waals surface area contributed by atoms with Crippen LogP contribution in [0.5, 0.6) is 0 Å². The smallest absolute Gasteiger partial charge is 0.252 e. The topological polar surface area (TPSA) is 29.1 Å². The first-order valence-corrected chi connectivity index (χ1v) is 7.40. The van der Waals surface area contributed by atoms with Gasteiger partial charge < -0.3 is 5.32 Å². The highest BCUT2D eigenvalue weighted by atomic mass is 79.9. The monoisotopic (exact) mass is 411 g/mol. The van der Waals surface area contributed by atoms with Gasteiger partial charge in [-0.3, -0.25) is 4.79 Å². The van der Waals surface area contributed by atoms with Crippen molar-refractivity contribution in [1.82, 2.24) is 5.32 Å².